The minimum absolute atomic E-state index is 0.201. The number of fused-ring (bicyclic) bond motifs is 2. The largest absolute Gasteiger partial charge is 0.481 e. The van der Waals surface area contributed by atoms with E-state index >= 15 is 0 Å². The van der Waals surface area contributed by atoms with E-state index < -0.39 is 6.10 Å². The number of nitrogens with zero attached hydrogens (tertiary/aromatic N) is 2. The maximum Gasteiger partial charge on any atom is 0.217 e. The number of halogens is 1. The normalized spacial score (nSPS) is 14.1. The molecule has 0 aliphatic heterocycles. The maximum atomic E-state index is 11.9. The first-order chi connectivity index (χ1) is 18.0. The molecule has 0 unspecified atom stereocenters. The van der Waals surface area contributed by atoms with Gasteiger partial charge in [-0.15, -0.1) is 0 Å². The van der Waals surface area contributed by atoms with Crippen molar-refractivity contribution in [1.82, 2.24) is 9.88 Å². The summed E-state index contributed by atoms with van der Waals surface area (Å²) in [5, 5.41) is 15.2. The minimum Gasteiger partial charge on any atom is -0.481 e. The lowest BCUT2D eigenvalue weighted by Crippen LogP contribution is -2.34. The van der Waals surface area contributed by atoms with Crippen LogP contribution in [0.1, 0.15) is 28.5 Å². The van der Waals surface area contributed by atoms with Crippen LogP contribution in [0, 0.1) is 0 Å². The number of methoxy groups -OCH3 is 1. The molecule has 0 fully saturated rings. The summed E-state index contributed by atoms with van der Waals surface area (Å²) in [5.41, 5.74) is 4.03. The molecule has 0 radical (unpaired) electrons. The van der Waals surface area contributed by atoms with Crippen molar-refractivity contribution in [2.24, 2.45) is 0 Å². The SMILES string of the molecule is COc1nc2ccc(Br)cc2cc1[C@@H](c1ccccc1)[C@H](c1cccc2ccccc12)[C@H](O)CN(C)C. The smallest absolute Gasteiger partial charge is 0.217 e. The molecule has 1 heterocycles. The average molecular weight is 556 g/mol. The van der Waals surface area contributed by atoms with Crippen LogP contribution in [-0.4, -0.2) is 48.8 Å². The number of hydrogen-bond acceptors (Lipinski definition) is 4. The average Bonchev–Trinajstić information content (AvgIpc) is 2.90. The molecular weight excluding hydrogens is 524 g/mol. The van der Waals surface area contributed by atoms with Crippen molar-refractivity contribution in [2.75, 3.05) is 27.7 Å². The van der Waals surface area contributed by atoms with Gasteiger partial charge in [0.05, 0.1) is 18.7 Å². The fourth-order valence-corrected chi connectivity index (χ4v) is 5.79. The van der Waals surface area contributed by atoms with Crippen LogP contribution in [0.4, 0.5) is 0 Å². The molecule has 4 nitrogen and oxygen atoms in total. The molecule has 5 heteroatoms. The van der Waals surface area contributed by atoms with Gasteiger partial charge in [-0.3, -0.25) is 0 Å². The molecule has 0 amide bonds. The molecule has 5 aromatic rings. The van der Waals surface area contributed by atoms with Crippen LogP contribution in [-0.2, 0) is 0 Å². The standard InChI is InChI=1S/C32H31BrN2O2/c1-35(2)20-29(36)31(26-15-9-13-21-10-7-8-14-25(21)26)30(22-11-5-4-6-12-22)27-19-23-18-24(33)16-17-28(23)34-32(27)37-3/h4-19,29-31,36H,20H2,1-3H3/t29-,30-,31-/m1/s1. The van der Waals surface area contributed by atoms with Gasteiger partial charge in [-0.05, 0) is 60.3 Å². The number of hydrogen-bond donors (Lipinski definition) is 1. The number of aliphatic hydroxyl groups excluding tert-OH is 1. The van der Waals surface area contributed by atoms with Gasteiger partial charge in [0.1, 0.15) is 0 Å². The Morgan fingerprint density at radius 2 is 1.57 bits per heavy atom. The quantitative estimate of drug-likeness (QED) is 0.224. The topological polar surface area (TPSA) is 45.6 Å². The Morgan fingerprint density at radius 1 is 0.838 bits per heavy atom. The summed E-state index contributed by atoms with van der Waals surface area (Å²) in [7, 11) is 5.66. The van der Waals surface area contributed by atoms with Gasteiger partial charge in [-0.1, -0.05) is 88.7 Å². The third kappa shape index (κ3) is 5.26. The Bertz CT molecular complexity index is 1510. The first-order valence-electron chi connectivity index (χ1n) is 12.5. The van der Waals surface area contributed by atoms with E-state index in [0.717, 1.165) is 42.8 Å². The van der Waals surface area contributed by atoms with E-state index in [2.05, 4.69) is 94.8 Å². The Kier molecular flexibility index (Phi) is 7.56. The highest BCUT2D eigenvalue weighted by Gasteiger charge is 2.36. The molecule has 0 aliphatic carbocycles. The highest BCUT2D eigenvalue weighted by atomic mass is 79.9. The fourth-order valence-electron chi connectivity index (χ4n) is 5.41. The van der Waals surface area contributed by atoms with Gasteiger partial charge < -0.3 is 14.7 Å². The number of aromatic nitrogens is 1. The van der Waals surface area contributed by atoms with Crippen LogP contribution in [0.2, 0.25) is 0 Å². The summed E-state index contributed by atoms with van der Waals surface area (Å²) in [5.74, 6) is 0.120. The van der Waals surface area contributed by atoms with E-state index in [1.165, 1.54) is 0 Å². The van der Waals surface area contributed by atoms with Crippen molar-refractivity contribution in [1.29, 1.82) is 0 Å². The monoisotopic (exact) mass is 554 g/mol. The zero-order valence-corrected chi connectivity index (χ0v) is 22.9. The fraction of sp³-hybridized carbons (Fsp3) is 0.219. The molecule has 1 N–H and O–H groups in total. The number of likely N-dealkylation sites (N-methyl/N-ethyl adjacent to an activating group) is 1. The van der Waals surface area contributed by atoms with E-state index in [1.54, 1.807) is 7.11 Å². The molecule has 0 saturated carbocycles. The molecule has 0 aliphatic rings. The van der Waals surface area contributed by atoms with Crippen LogP contribution >= 0.6 is 15.9 Å². The Morgan fingerprint density at radius 3 is 2.32 bits per heavy atom. The highest BCUT2D eigenvalue weighted by molar-refractivity contribution is 9.10. The van der Waals surface area contributed by atoms with Crippen LogP contribution in [0.3, 0.4) is 0 Å². The zero-order chi connectivity index (χ0) is 25.9. The van der Waals surface area contributed by atoms with Gasteiger partial charge in [0.15, 0.2) is 0 Å². The van der Waals surface area contributed by atoms with Gasteiger partial charge in [0, 0.05) is 33.8 Å². The summed E-state index contributed by atoms with van der Waals surface area (Å²) in [6.45, 7) is 0.520. The van der Waals surface area contributed by atoms with Gasteiger partial charge in [0.2, 0.25) is 5.88 Å². The third-order valence-corrected chi connectivity index (χ3v) is 7.46. The number of pyridine rings is 1. The lowest BCUT2D eigenvalue weighted by atomic mass is 9.73. The summed E-state index contributed by atoms with van der Waals surface area (Å²) >= 11 is 3.61. The summed E-state index contributed by atoms with van der Waals surface area (Å²) in [4.78, 5) is 6.94. The van der Waals surface area contributed by atoms with E-state index in [-0.39, 0.29) is 11.8 Å². The highest BCUT2D eigenvalue weighted by Crippen LogP contribution is 2.46. The number of benzene rings is 4. The van der Waals surface area contributed by atoms with Crippen molar-refractivity contribution >= 4 is 37.6 Å². The zero-order valence-electron chi connectivity index (χ0n) is 21.3. The molecule has 188 valence electrons. The van der Waals surface area contributed by atoms with E-state index in [0.29, 0.717) is 12.4 Å². The summed E-state index contributed by atoms with van der Waals surface area (Å²) < 4.78 is 6.90. The van der Waals surface area contributed by atoms with E-state index in [1.807, 2.05) is 37.2 Å². The Labute approximate surface area is 226 Å². The maximum absolute atomic E-state index is 11.9. The van der Waals surface area contributed by atoms with Gasteiger partial charge in [0.25, 0.3) is 0 Å². The van der Waals surface area contributed by atoms with Crippen LogP contribution < -0.4 is 4.74 Å². The van der Waals surface area contributed by atoms with Crippen molar-refractivity contribution in [2.45, 2.75) is 17.9 Å². The predicted molar refractivity (Wildman–Crippen MR) is 156 cm³/mol. The second-order valence-corrected chi connectivity index (χ2v) is 10.7. The number of aliphatic hydroxyl groups is 1. The van der Waals surface area contributed by atoms with Crippen molar-refractivity contribution in [3.63, 3.8) is 0 Å². The molecule has 37 heavy (non-hydrogen) atoms. The van der Waals surface area contributed by atoms with Crippen LogP contribution in [0.15, 0.2) is 102 Å². The molecule has 4 aromatic carbocycles. The molecule has 0 saturated heterocycles. The van der Waals surface area contributed by atoms with Crippen molar-refractivity contribution in [3.05, 3.63) is 118 Å². The predicted octanol–water partition coefficient (Wildman–Crippen LogP) is 7.00. The van der Waals surface area contributed by atoms with Gasteiger partial charge in [-0.25, -0.2) is 4.98 Å². The first kappa shape index (κ1) is 25.4. The summed E-state index contributed by atoms with van der Waals surface area (Å²) in [6, 6.07) is 33.4. The second-order valence-electron chi connectivity index (χ2n) is 9.74. The molecular formula is C32H31BrN2O2. The Balaban J connectivity index is 1.82. The van der Waals surface area contributed by atoms with Crippen molar-refractivity contribution < 1.29 is 9.84 Å². The van der Waals surface area contributed by atoms with Crippen molar-refractivity contribution in [3.8, 4) is 5.88 Å². The molecule has 5 rings (SSSR count). The van der Waals surface area contributed by atoms with Gasteiger partial charge in [-0.2, -0.15) is 0 Å². The molecule has 0 spiro atoms. The molecule has 0 bridgehead atoms. The van der Waals surface area contributed by atoms with Crippen LogP contribution in [0.5, 0.6) is 5.88 Å². The summed E-state index contributed by atoms with van der Waals surface area (Å²) in [6.07, 6.45) is -0.645. The lowest BCUT2D eigenvalue weighted by Gasteiger charge is -2.35. The molecule has 1 aromatic heterocycles. The molecule has 3 atom stereocenters. The van der Waals surface area contributed by atoms with E-state index in [9.17, 15) is 5.11 Å². The minimum atomic E-state index is -0.645. The number of rotatable bonds is 8. The van der Waals surface area contributed by atoms with Gasteiger partial charge >= 0.3 is 0 Å². The lowest BCUT2D eigenvalue weighted by molar-refractivity contribution is 0.104. The van der Waals surface area contributed by atoms with E-state index in [4.69, 9.17) is 9.72 Å². The second kappa shape index (κ2) is 11.0. The first-order valence-corrected chi connectivity index (χ1v) is 13.2. The van der Waals surface area contributed by atoms with Crippen LogP contribution in [0.25, 0.3) is 21.7 Å². The Hall–Kier alpha value is -3.25. The number of ether oxygens (including phenoxy) is 1. The third-order valence-electron chi connectivity index (χ3n) is 6.96.